The van der Waals surface area contributed by atoms with E-state index in [4.69, 9.17) is 19.9 Å². The Morgan fingerprint density at radius 1 is 1.15 bits per heavy atom. The van der Waals surface area contributed by atoms with Crippen LogP contribution in [-0.4, -0.2) is 18.2 Å². The van der Waals surface area contributed by atoms with Crippen LogP contribution in [0, 0.1) is 0 Å². The molecule has 0 radical (unpaired) electrons. The number of methoxy groups -OCH3 is 1. The standard InChI is InChI=1S/C15H18N2O3/c1-10(2)19-13-5-4-8-17-15(13)20-14-9-11(18-3)6-7-12(14)16/h4-10H,16H2,1-3H3. The van der Waals surface area contributed by atoms with Crippen LogP contribution in [0.3, 0.4) is 0 Å². The summed E-state index contributed by atoms with van der Waals surface area (Å²) in [4.78, 5) is 4.18. The zero-order chi connectivity index (χ0) is 14.5. The van der Waals surface area contributed by atoms with E-state index >= 15 is 0 Å². The van der Waals surface area contributed by atoms with E-state index in [0.29, 0.717) is 28.8 Å². The molecule has 0 aliphatic carbocycles. The van der Waals surface area contributed by atoms with E-state index in [1.807, 2.05) is 13.8 Å². The van der Waals surface area contributed by atoms with Gasteiger partial charge in [0.2, 0.25) is 0 Å². The van der Waals surface area contributed by atoms with Crippen molar-refractivity contribution >= 4 is 5.69 Å². The Bertz CT molecular complexity index is 585. The van der Waals surface area contributed by atoms with Gasteiger partial charge in [0.15, 0.2) is 11.5 Å². The average Bonchev–Trinajstić information content (AvgIpc) is 2.43. The van der Waals surface area contributed by atoms with Crippen LogP contribution >= 0.6 is 0 Å². The molecule has 0 spiro atoms. The molecule has 0 saturated carbocycles. The Labute approximate surface area is 118 Å². The van der Waals surface area contributed by atoms with Crippen molar-refractivity contribution in [1.29, 1.82) is 0 Å². The number of hydrogen-bond acceptors (Lipinski definition) is 5. The van der Waals surface area contributed by atoms with E-state index < -0.39 is 0 Å². The number of nitrogen functional groups attached to an aromatic ring is 1. The minimum Gasteiger partial charge on any atom is -0.497 e. The SMILES string of the molecule is COc1ccc(N)c(Oc2ncccc2OC(C)C)c1. The normalized spacial score (nSPS) is 10.4. The Morgan fingerprint density at radius 2 is 1.95 bits per heavy atom. The van der Waals surface area contributed by atoms with Crippen molar-refractivity contribution < 1.29 is 14.2 Å². The summed E-state index contributed by atoms with van der Waals surface area (Å²) in [6, 6.07) is 8.80. The molecule has 0 saturated heterocycles. The monoisotopic (exact) mass is 274 g/mol. The highest BCUT2D eigenvalue weighted by Gasteiger charge is 2.11. The fourth-order valence-corrected chi connectivity index (χ4v) is 1.63. The highest BCUT2D eigenvalue weighted by molar-refractivity contribution is 5.57. The van der Waals surface area contributed by atoms with E-state index in [0.717, 1.165) is 0 Å². The van der Waals surface area contributed by atoms with Crippen LogP contribution in [-0.2, 0) is 0 Å². The van der Waals surface area contributed by atoms with Gasteiger partial charge < -0.3 is 19.9 Å². The molecule has 0 aliphatic heterocycles. The molecule has 2 aromatic rings. The highest BCUT2D eigenvalue weighted by Crippen LogP contribution is 2.34. The second-order valence-corrected chi connectivity index (χ2v) is 4.48. The number of anilines is 1. The Morgan fingerprint density at radius 3 is 2.65 bits per heavy atom. The van der Waals surface area contributed by atoms with Gasteiger partial charge in [-0.2, -0.15) is 0 Å². The molecule has 0 fully saturated rings. The average molecular weight is 274 g/mol. The van der Waals surface area contributed by atoms with Crippen molar-refractivity contribution in [3.63, 3.8) is 0 Å². The molecule has 1 aromatic carbocycles. The molecular weight excluding hydrogens is 256 g/mol. The first-order chi connectivity index (χ1) is 9.60. The molecule has 0 aliphatic rings. The quantitative estimate of drug-likeness (QED) is 0.848. The summed E-state index contributed by atoms with van der Waals surface area (Å²) in [7, 11) is 1.59. The predicted octanol–water partition coefficient (Wildman–Crippen LogP) is 3.25. The third kappa shape index (κ3) is 3.32. The van der Waals surface area contributed by atoms with Crippen LogP contribution in [0.15, 0.2) is 36.5 Å². The zero-order valence-electron chi connectivity index (χ0n) is 11.8. The molecule has 0 bridgehead atoms. The molecule has 0 atom stereocenters. The second-order valence-electron chi connectivity index (χ2n) is 4.48. The molecule has 20 heavy (non-hydrogen) atoms. The van der Waals surface area contributed by atoms with Crippen LogP contribution < -0.4 is 19.9 Å². The van der Waals surface area contributed by atoms with E-state index in [1.54, 1.807) is 43.6 Å². The third-order valence-corrected chi connectivity index (χ3v) is 2.53. The predicted molar refractivity (Wildman–Crippen MR) is 77.5 cm³/mol. The summed E-state index contributed by atoms with van der Waals surface area (Å²) in [5.74, 6) is 2.10. The molecule has 1 aromatic heterocycles. The Hall–Kier alpha value is -2.43. The van der Waals surface area contributed by atoms with Gasteiger partial charge in [-0.1, -0.05) is 0 Å². The van der Waals surface area contributed by atoms with E-state index in [-0.39, 0.29) is 6.10 Å². The van der Waals surface area contributed by atoms with Gasteiger partial charge in [-0.05, 0) is 38.1 Å². The molecule has 2 rings (SSSR count). The first-order valence-corrected chi connectivity index (χ1v) is 6.33. The van der Waals surface area contributed by atoms with E-state index in [9.17, 15) is 0 Å². The maximum absolute atomic E-state index is 5.89. The maximum atomic E-state index is 5.89. The first kappa shape index (κ1) is 14.0. The highest BCUT2D eigenvalue weighted by atomic mass is 16.5. The second kappa shape index (κ2) is 6.14. The summed E-state index contributed by atoms with van der Waals surface area (Å²) in [5, 5.41) is 0. The third-order valence-electron chi connectivity index (χ3n) is 2.53. The number of aromatic nitrogens is 1. The number of nitrogens with zero attached hydrogens (tertiary/aromatic N) is 1. The van der Waals surface area contributed by atoms with Gasteiger partial charge >= 0.3 is 0 Å². The summed E-state index contributed by atoms with van der Waals surface area (Å²) in [6.45, 7) is 3.88. The van der Waals surface area contributed by atoms with Crippen LogP contribution in [0.4, 0.5) is 5.69 Å². The number of hydrogen-bond donors (Lipinski definition) is 1. The number of rotatable bonds is 5. The van der Waals surface area contributed by atoms with Gasteiger partial charge in [0.1, 0.15) is 5.75 Å². The number of benzene rings is 1. The van der Waals surface area contributed by atoms with Crippen molar-refractivity contribution in [2.75, 3.05) is 12.8 Å². The summed E-state index contributed by atoms with van der Waals surface area (Å²) < 4.78 is 16.6. The van der Waals surface area contributed by atoms with Gasteiger partial charge in [-0.3, -0.25) is 0 Å². The topological polar surface area (TPSA) is 66.6 Å². The van der Waals surface area contributed by atoms with Crippen molar-refractivity contribution in [2.45, 2.75) is 20.0 Å². The van der Waals surface area contributed by atoms with Gasteiger partial charge in [0.25, 0.3) is 5.88 Å². The van der Waals surface area contributed by atoms with Crippen molar-refractivity contribution in [2.24, 2.45) is 0 Å². The van der Waals surface area contributed by atoms with Crippen molar-refractivity contribution in [3.05, 3.63) is 36.5 Å². The van der Waals surface area contributed by atoms with E-state index in [1.165, 1.54) is 0 Å². The van der Waals surface area contributed by atoms with Gasteiger partial charge in [-0.25, -0.2) is 4.98 Å². The number of pyridine rings is 1. The lowest BCUT2D eigenvalue weighted by atomic mass is 10.3. The smallest absolute Gasteiger partial charge is 0.262 e. The Balaban J connectivity index is 2.30. The number of ether oxygens (including phenoxy) is 3. The van der Waals surface area contributed by atoms with Crippen LogP contribution in [0.25, 0.3) is 0 Å². The molecule has 2 N–H and O–H groups in total. The minimum atomic E-state index is 0.0317. The summed E-state index contributed by atoms with van der Waals surface area (Å²) in [5.41, 5.74) is 6.40. The van der Waals surface area contributed by atoms with Gasteiger partial charge in [0.05, 0.1) is 18.9 Å². The summed E-state index contributed by atoms with van der Waals surface area (Å²) in [6.07, 6.45) is 1.67. The molecule has 1 heterocycles. The molecule has 0 amide bonds. The first-order valence-electron chi connectivity index (χ1n) is 6.33. The van der Waals surface area contributed by atoms with Crippen molar-refractivity contribution in [1.82, 2.24) is 4.98 Å². The lowest BCUT2D eigenvalue weighted by Crippen LogP contribution is -2.07. The van der Waals surface area contributed by atoms with Gasteiger partial charge in [-0.15, -0.1) is 0 Å². The van der Waals surface area contributed by atoms with Crippen LogP contribution in [0.2, 0.25) is 0 Å². The van der Waals surface area contributed by atoms with Crippen LogP contribution in [0.1, 0.15) is 13.8 Å². The summed E-state index contributed by atoms with van der Waals surface area (Å²) >= 11 is 0. The number of nitrogens with two attached hydrogens (primary N) is 1. The lowest BCUT2D eigenvalue weighted by Gasteiger charge is -2.14. The Kier molecular flexibility index (Phi) is 4.30. The minimum absolute atomic E-state index is 0.0317. The zero-order valence-corrected chi connectivity index (χ0v) is 11.8. The molecule has 0 unspecified atom stereocenters. The molecule has 106 valence electrons. The van der Waals surface area contributed by atoms with E-state index in [2.05, 4.69) is 4.98 Å². The molecule has 5 heteroatoms. The maximum Gasteiger partial charge on any atom is 0.262 e. The van der Waals surface area contributed by atoms with Crippen molar-refractivity contribution in [3.8, 4) is 23.1 Å². The van der Waals surface area contributed by atoms with Crippen LogP contribution in [0.5, 0.6) is 23.1 Å². The molecular formula is C15H18N2O3. The fraction of sp³-hybridized carbons (Fsp3) is 0.267. The fourth-order valence-electron chi connectivity index (χ4n) is 1.63. The largest absolute Gasteiger partial charge is 0.497 e. The molecule has 5 nitrogen and oxygen atoms in total. The lowest BCUT2D eigenvalue weighted by molar-refractivity contribution is 0.231. The van der Waals surface area contributed by atoms with Gasteiger partial charge in [0, 0.05) is 12.3 Å².